The minimum atomic E-state index is -0.978. The van der Waals surface area contributed by atoms with Crippen LogP contribution >= 0.6 is 0 Å². The van der Waals surface area contributed by atoms with Crippen molar-refractivity contribution in [1.82, 2.24) is 5.32 Å². The highest BCUT2D eigenvalue weighted by molar-refractivity contribution is 5.89. The van der Waals surface area contributed by atoms with E-state index in [0.29, 0.717) is 12.2 Å². The molecule has 2 amide bonds. The number of carboxylic acid groups (broad SMARTS) is 1. The van der Waals surface area contributed by atoms with Crippen LogP contribution in [0.4, 0.5) is 5.69 Å². The maximum atomic E-state index is 11.9. The Labute approximate surface area is 139 Å². The normalized spacial score (nSPS) is 10.0. The summed E-state index contributed by atoms with van der Waals surface area (Å²) < 4.78 is 0. The molecule has 0 unspecified atom stereocenters. The minimum absolute atomic E-state index is 0.135. The van der Waals surface area contributed by atoms with Crippen LogP contribution in [0.15, 0.2) is 48.5 Å². The molecule has 124 valence electrons. The molecular formula is C18H18N2O4. The fraction of sp³-hybridized carbons (Fsp3) is 0.167. The number of hydrogen-bond donors (Lipinski definition) is 3. The number of benzene rings is 2. The molecule has 0 spiro atoms. The van der Waals surface area contributed by atoms with Gasteiger partial charge < -0.3 is 15.7 Å². The molecule has 0 fully saturated rings. The van der Waals surface area contributed by atoms with Crippen molar-refractivity contribution in [2.24, 2.45) is 0 Å². The molecule has 0 aliphatic rings. The van der Waals surface area contributed by atoms with Gasteiger partial charge in [-0.3, -0.25) is 9.59 Å². The molecule has 0 bridgehead atoms. The molecule has 2 rings (SSSR count). The first kappa shape index (κ1) is 17.2. The van der Waals surface area contributed by atoms with Crippen LogP contribution in [0.2, 0.25) is 0 Å². The van der Waals surface area contributed by atoms with E-state index in [1.165, 1.54) is 19.1 Å². The van der Waals surface area contributed by atoms with Crippen LogP contribution in [0, 0.1) is 0 Å². The second-order valence-corrected chi connectivity index (χ2v) is 5.33. The Morgan fingerprint density at radius 3 is 2.04 bits per heavy atom. The monoisotopic (exact) mass is 326 g/mol. The number of hydrogen-bond acceptors (Lipinski definition) is 3. The zero-order valence-corrected chi connectivity index (χ0v) is 13.2. The molecule has 0 aromatic heterocycles. The molecule has 6 nitrogen and oxygen atoms in total. The standard InChI is InChI=1S/C18H18N2O4/c1-12(21)20-16-8-4-13(5-9-16)10-17(22)19-11-14-2-6-15(7-3-14)18(23)24/h2-9H,10-11H2,1H3,(H,19,22)(H,20,21)(H,23,24). The lowest BCUT2D eigenvalue weighted by Gasteiger charge is -2.07. The van der Waals surface area contributed by atoms with Gasteiger partial charge in [0.1, 0.15) is 0 Å². The predicted octanol–water partition coefficient (Wildman–Crippen LogP) is 2.20. The predicted molar refractivity (Wildman–Crippen MR) is 89.7 cm³/mol. The van der Waals surface area contributed by atoms with E-state index in [1.54, 1.807) is 36.4 Å². The van der Waals surface area contributed by atoms with E-state index in [9.17, 15) is 14.4 Å². The first-order valence-corrected chi connectivity index (χ1v) is 7.39. The molecule has 6 heteroatoms. The number of carbonyl (C=O) groups is 3. The van der Waals surface area contributed by atoms with E-state index in [4.69, 9.17) is 5.11 Å². The topological polar surface area (TPSA) is 95.5 Å². The van der Waals surface area contributed by atoms with Crippen LogP contribution < -0.4 is 10.6 Å². The van der Waals surface area contributed by atoms with Gasteiger partial charge >= 0.3 is 5.97 Å². The van der Waals surface area contributed by atoms with E-state index in [1.807, 2.05) is 0 Å². The highest BCUT2D eigenvalue weighted by Gasteiger charge is 2.05. The van der Waals surface area contributed by atoms with Gasteiger partial charge in [-0.2, -0.15) is 0 Å². The molecule has 0 atom stereocenters. The minimum Gasteiger partial charge on any atom is -0.478 e. The van der Waals surface area contributed by atoms with Crippen LogP contribution in [0.1, 0.15) is 28.4 Å². The zero-order chi connectivity index (χ0) is 17.5. The SMILES string of the molecule is CC(=O)Nc1ccc(CC(=O)NCc2ccc(C(=O)O)cc2)cc1. The van der Waals surface area contributed by atoms with Gasteiger partial charge in [-0.1, -0.05) is 24.3 Å². The molecule has 0 aliphatic heterocycles. The van der Waals surface area contributed by atoms with Crippen molar-refractivity contribution < 1.29 is 19.5 Å². The Bertz CT molecular complexity index is 737. The summed E-state index contributed by atoms with van der Waals surface area (Å²) in [6.45, 7) is 1.77. The van der Waals surface area contributed by atoms with E-state index in [-0.39, 0.29) is 23.8 Å². The van der Waals surface area contributed by atoms with Crippen molar-refractivity contribution in [2.75, 3.05) is 5.32 Å². The second-order valence-electron chi connectivity index (χ2n) is 5.33. The Morgan fingerprint density at radius 2 is 1.50 bits per heavy atom. The number of rotatable bonds is 6. The van der Waals surface area contributed by atoms with Gasteiger partial charge in [0.25, 0.3) is 0 Å². The summed E-state index contributed by atoms with van der Waals surface area (Å²) in [6.07, 6.45) is 0.230. The molecule has 0 saturated heterocycles. The number of aromatic carboxylic acids is 1. The quantitative estimate of drug-likeness (QED) is 0.758. The van der Waals surface area contributed by atoms with E-state index < -0.39 is 5.97 Å². The third-order valence-electron chi connectivity index (χ3n) is 3.33. The number of amides is 2. The van der Waals surface area contributed by atoms with Crippen molar-refractivity contribution in [2.45, 2.75) is 19.9 Å². The summed E-state index contributed by atoms with van der Waals surface area (Å²) in [7, 11) is 0. The largest absolute Gasteiger partial charge is 0.478 e. The Balaban J connectivity index is 1.84. The van der Waals surface area contributed by atoms with Crippen LogP contribution in [0.5, 0.6) is 0 Å². The van der Waals surface area contributed by atoms with Crippen molar-refractivity contribution in [1.29, 1.82) is 0 Å². The lowest BCUT2D eigenvalue weighted by atomic mass is 10.1. The van der Waals surface area contributed by atoms with E-state index >= 15 is 0 Å². The third kappa shape index (κ3) is 5.24. The summed E-state index contributed by atoms with van der Waals surface area (Å²) in [4.78, 5) is 33.7. The van der Waals surface area contributed by atoms with Gasteiger partial charge in [-0.05, 0) is 35.4 Å². The second kappa shape index (κ2) is 7.92. The average molecular weight is 326 g/mol. The molecule has 0 radical (unpaired) electrons. The highest BCUT2D eigenvalue weighted by Crippen LogP contribution is 2.10. The van der Waals surface area contributed by atoms with Crippen LogP contribution in [0.3, 0.4) is 0 Å². The summed E-state index contributed by atoms with van der Waals surface area (Å²) in [6, 6.07) is 13.4. The fourth-order valence-corrected chi connectivity index (χ4v) is 2.12. The van der Waals surface area contributed by atoms with Gasteiger partial charge in [-0.25, -0.2) is 4.79 Å². The maximum Gasteiger partial charge on any atom is 0.335 e. The molecule has 24 heavy (non-hydrogen) atoms. The molecule has 2 aromatic rings. The van der Waals surface area contributed by atoms with Gasteiger partial charge in [0, 0.05) is 19.2 Å². The van der Waals surface area contributed by atoms with E-state index in [2.05, 4.69) is 10.6 Å². The van der Waals surface area contributed by atoms with Crippen molar-refractivity contribution in [3.63, 3.8) is 0 Å². The lowest BCUT2D eigenvalue weighted by molar-refractivity contribution is -0.120. The van der Waals surface area contributed by atoms with Crippen LogP contribution in [-0.2, 0) is 22.6 Å². The lowest BCUT2D eigenvalue weighted by Crippen LogP contribution is -2.24. The van der Waals surface area contributed by atoms with Gasteiger partial charge in [0.2, 0.25) is 11.8 Å². The van der Waals surface area contributed by atoms with Gasteiger partial charge in [-0.15, -0.1) is 0 Å². The highest BCUT2D eigenvalue weighted by atomic mass is 16.4. The van der Waals surface area contributed by atoms with Crippen LogP contribution in [0.25, 0.3) is 0 Å². The van der Waals surface area contributed by atoms with Gasteiger partial charge in [0.15, 0.2) is 0 Å². The van der Waals surface area contributed by atoms with Crippen molar-refractivity contribution in [3.05, 3.63) is 65.2 Å². The smallest absolute Gasteiger partial charge is 0.335 e. The Morgan fingerprint density at radius 1 is 0.917 bits per heavy atom. The Hall–Kier alpha value is -3.15. The van der Waals surface area contributed by atoms with E-state index in [0.717, 1.165) is 11.1 Å². The molecule has 0 heterocycles. The first-order valence-electron chi connectivity index (χ1n) is 7.39. The summed E-state index contributed by atoms with van der Waals surface area (Å²) >= 11 is 0. The third-order valence-corrected chi connectivity index (χ3v) is 3.33. The number of nitrogens with one attached hydrogen (secondary N) is 2. The molecule has 0 aliphatic carbocycles. The first-order chi connectivity index (χ1) is 11.4. The van der Waals surface area contributed by atoms with Crippen LogP contribution in [-0.4, -0.2) is 22.9 Å². The number of anilines is 1. The molecule has 3 N–H and O–H groups in total. The zero-order valence-electron chi connectivity index (χ0n) is 13.2. The summed E-state index contributed by atoms with van der Waals surface area (Å²) in [5.74, 6) is -1.26. The molecular weight excluding hydrogens is 308 g/mol. The number of carboxylic acids is 1. The van der Waals surface area contributed by atoms with Crippen molar-refractivity contribution >= 4 is 23.5 Å². The van der Waals surface area contributed by atoms with Gasteiger partial charge in [0.05, 0.1) is 12.0 Å². The fourth-order valence-electron chi connectivity index (χ4n) is 2.12. The average Bonchev–Trinajstić information content (AvgIpc) is 2.54. The maximum absolute atomic E-state index is 11.9. The Kier molecular flexibility index (Phi) is 5.68. The summed E-state index contributed by atoms with van der Waals surface area (Å²) in [5.41, 5.74) is 2.56. The number of carbonyl (C=O) groups excluding carboxylic acids is 2. The van der Waals surface area contributed by atoms with Crippen molar-refractivity contribution in [3.8, 4) is 0 Å². The summed E-state index contributed by atoms with van der Waals surface area (Å²) in [5, 5.41) is 14.3. The molecule has 0 saturated carbocycles. The molecule has 2 aromatic carbocycles.